The molecule has 0 radical (unpaired) electrons. The fourth-order valence-corrected chi connectivity index (χ4v) is 1.54. The van der Waals surface area contributed by atoms with Gasteiger partial charge in [-0.2, -0.15) is 8.42 Å². The Hall–Kier alpha value is -1.38. The molecular weight excluding hydrogens is 250 g/mol. The van der Waals surface area contributed by atoms with Crippen molar-refractivity contribution in [2.75, 3.05) is 0 Å². The minimum absolute atomic E-state index is 0.0919. The number of nitrogens with one attached hydrogen (secondary N) is 1. The van der Waals surface area contributed by atoms with E-state index in [1.165, 1.54) is 0 Å². The van der Waals surface area contributed by atoms with Crippen molar-refractivity contribution in [3.05, 3.63) is 24.0 Å². The molecule has 0 saturated heterocycles. The van der Waals surface area contributed by atoms with Crippen LogP contribution >= 0.6 is 0 Å². The third kappa shape index (κ3) is 4.98. The van der Waals surface area contributed by atoms with Gasteiger partial charge in [0.15, 0.2) is 0 Å². The fourth-order valence-electron chi connectivity index (χ4n) is 1.09. The molecule has 0 fully saturated rings. The normalized spacial score (nSPS) is 16.9. The molecule has 0 bridgehead atoms. The summed E-state index contributed by atoms with van der Waals surface area (Å²) < 4.78 is 38.3. The van der Waals surface area contributed by atoms with Gasteiger partial charge in [0.25, 0.3) is 0 Å². The molecule has 1 rings (SSSR count). The molecule has 1 aliphatic rings. The Morgan fingerprint density at radius 3 is 2.82 bits per heavy atom. The molecule has 2 N–H and O–H groups in total. The number of allylic oxidation sites excluding steroid dienone is 2. The number of rotatable bonds is 5. The van der Waals surface area contributed by atoms with Gasteiger partial charge in [-0.05, 0) is 18.7 Å². The third-order valence-corrected chi connectivity index (χ3v) is 2.29. The molecule has 96 valence electrons. The molecule has 0 spiro atoms. The van der Waals surface area contributed by atoms with E-state index in [2.05, 4.69) is 9.50 Å². The predicted molar refractivity (Wildman–Crippen MR) is 57.8 cm³/mol. The second kappa shape index (κ2) is 5.80. The summed E-state index contributed by atoms with van der Waals surface area (Å²) in [5.41, 5.74) is 0.199. The Morgan fingerprint density at radius 1 is 1.65 bits per heavy atom. The molecule has 0 aromatic carbocycles. The second-order valence-corrected chi connectivity index (χ2v) is 4.22. The predicted octanol–water partition coefficient (Wildman–Crippen LogP) is 0.476. The summed E-state index contributed by atoms with van der Waals surface area (Å²) in [5.74, 6) is -0.746. The lowest BCUT2D eigenvalue weighted by atomic mass is 10.2. The monoisotopic (exact) mass is 263 g/mol. The van der Waals surface area contributed by atoms with Gasteiger partial charge in [0.2, 0.25) is 6.29 Å². The van der Waals surface area contributed by atoms with Crippen molar-refractivity contribution in [3.63, 3.8) is 0 Å². The van der Waals surface area contributed by atoms with Gasteiger partial charge in [-0.25, -0.2) is 8.98 Å². The van der Waals surface area contributed by atoms with E-state index in [1.807, 2.05) is 0 Å². The largest absolute Gasteiger partial charge is 0.430 e. The quantitative estimate of drug-likeness (QED) is 0.422. The van der Waals surface area contributed by atoms with Crippen molar-refractivity contribution < 1.29 is 26.7 Å². The van der Waals surface area contributed by atoms with E-state index in [0.29, 0.717) is 6.42 Å². The molecule has 1 atom stereocenters. The van der Waals surface area contributed by atoms with E-state index in [4.69, 9.17) is 9.29 Å². The first-order chi connectivity index (χ1) is 7.92. The zero-order valence-corrected chi connectivity index (χ0v) is 9.94. The lowest BCUT2D eigenvalue weighted by molar-refractivity contribution is -0.159. The third-order valence-electron chi connectivity index (χ3n) is 1.84. The van der Waals surface area contributed by atoms with E-state index >= 15 is 0 Å². The minimum Gasteiger partial charge on any atom is -0.430 e. The van der Waals surface area contributed by atoms with Crippen LogP contribution in [-0.4, -0.2) is 25.2 Å². The van der Waals surface area contributed by atoms with Gasteiger partial charge in [-0.1, -0.05) is 13.0 Å². The maximum Gasteiger partial charge on any atom is 0.400 e. The lowest BCUT2D eigenvalue weighted by Gasteiger charge is -2.16. The first kappa shape index (κ1) is 13.7. The first-order valence-electron chi connectivity index (χ1n) is 4.90. The highest BCUT2D eigenvalue weighted by atomic mass is 32.3. The molecule has 7 nitrogen and oxygen atoms in total. The van der Waals surface area contributed by atoms with Crippen LogP contribution in [0.3, 0.4) is 0 Å². The van der Waals surface area contributed by atoms with Crippen LogP contribution in [0.5, 0.6) is 0 Å². The standard InChI is InChI=1S/C9H13NO6S/c1-2-8(16-17(12,13)14)15-9(11)7-5-3-4-6-10-7/h4-6,8,10H,2-3H2,1H3,(H,12,13,14). The Labute approximate surface area is 99.0 Å². The lowest BCUT2D eigenvalue weighted by Crippen LogP contribution is -2.28. The van der Waals surface area contributed by atoms with Crippen LogP contribution in [0.15, 0.2) is 24.0 Å². The number of esters is 1. The maximum absolute atomic E-state index is 11.5. The smallest absolute Gasteiger partial charge is 0.400 e. The van der Waals surface area contributed by atoms with Crippen LogP contribution in [0, 0.1) is 0 Å². The summed E-state index contributed by atoms with van der Waals surface area (Å²) in [5, 5.41) is 2.65. The Balaban J connectivity index is 2.56. The molecule has 0 aliphatic carbocycles. The van der Waals surface area contributed by atoms with Crippen LogP contribution in [0.4, 0.5) is 0 Å². The molecule has 8 heteroatoms. The summed E-state index contributed by atoms with van der Waals surface area (Å²) in [6, 6.07) is 0. The Bertz CT molecular complexity index is 438. The van der Waals surface area contributed by atoms with E-state index < -0.39 is 22.7 Å². The SMILES string of the molecule is CCC(OC(=O)C1=CCC=CN1)OS(=O)(=O)O. The van der Waals surface area contributed by atoms with Crippen molar-refractivity contribution >= 4 is 16.4 Å². The number of carbonyl (C=O) groups is 1. The highest BCUT2D eigenvalue weighted by Gasteiger charge is 2.21. The number of carbonyl (C=O) groups excluding carboxylic acids is 1. The second-order valence-electron chi connectivity index (χ2n) is 3.17. The summed E-state index contributed by atoms with van der Waals surface area (Å²) in [6.45, 7) is 1.55. The van der Waals surface area contributed by atoms with E-state index in [-0.39, 0.29) is 12.1 Å². The molecule has 0 amide bonds. The summed E-state index contributed by atoms with van der Waals surface area (Å²) in [4.78, 5) is 11.5. The molecule has 0 aromatic rings. The van der Waals surface area contributed by atoms with Crippen molar-refractivity contribution in [1.29, 1.82) is 0 Å². The van der Waals surface area contributed by atoms with E-state index in [1.54, 1.807) is 25.3 Å². The van der Waals surface area contributed by atoms with Crippen LogP contribution in [0.1, 0.15) is 19.8 Å². The molecular formula is C9H13NO6S. The van der Waals surface area contributed by atoms with Crippen molar-refractivity contribution in [2.24, 2.45) is 0 Å². The van der Waals surface area contributed by atoms with Crippen molar-refractivity contribution in [1.82, 2.24) is 5.32 Å². The van der Waals surface area contributed by atoms with Gasteiger partial charge in [-0.3, -0.25) is 4.55 Å². The zero-order chi connectivity index (χ0) is 12.9. The fraction of sp³-hybridized carbons (Fsp3) is 0.444. The summed E-state index contributed by atoms with van der Waals surface area (Å²) in [6.07, 6.45) is 4.28. The first-order valence-corrected chi connectivity index (χ1v) is 6.27. The van der Waals surface area contributed by atoms with Gasteiger partial charge in [-0.15, -0.1) is 0 Å². The van der Waals surface area contributed by atoms with Gasteiger partial charge in [0.1, 0.15) is 5.70 Å². The number of hydrogen-bond donors (Lipinski definition) is 2. The molecule has 17 heavy (non-hydrogen) atoms. The summed E-state index contributed by atoms with van der Waals surface area (Å²) >= 11 is 0. The number of ether oxygens (including phenoxy) is 1. The van der Waals surface area contributed by atoms with E-state index in [9.17, 15) is 13.2 Å². The molecule has 1 aliphatic heterocycles. The van der Waals surface area contributed by atoms with Gasteiger partial charge < -0.3 is 10.1 Å². The Morgan fingerprint density at radius 2 is 2.35 bits per heavy atom. The van der Waals surface area contributed by atoms with Crippen LogP contribution in [0.25, 0.3) is 0 Å². The number of hydrogen-bond acceptors (Lipinski definition) is 6. The van der Waals surface area contributed by atoms with Gasteiger partial charge in [0, 0.05) is 6.42 Å². The molecule has 0 aromatic heterocycles. The van der Waals surface area contributed by atoms with E-state index in [0.717, 1.165) is 0 Å². The topological polar surface area (TPSA) is 102 Å². The van der Waals surface area contributed by atoms with Gasteiger partial charge in [0.05, 0.1) is 0 Å². The van der Waals surface area contributed by atoms with Crippen molar-refractivity contribution in [2.45, 2.75) is 26.1 Å². The average Bonchev–Trinajstić information content (AvgIpc) is 2.27. The average molecular weight is 263 g/mol. The Kier molecular flexibility index (Phi) is 4.67. The van der Waals surface area contributed by atoms with Gasteiger partial charge >= 0.3 is 16.4 Å². The van der Waals surface area contributed by atoms with Crippen LogP contribution in [-0.2, 0) is 24.1 Å². The molecule has 1 unspecified atom stereocenters. The zero-order valence-electron chi connectivity index (χ0n) is 9.12. The molecule has 0 saturated carbocycles. The number of dihydropyridines is 1. The highest BCUT2D eigenvalue weighted by molar-refractivity contribution is 7.80. The van der Waals surface area contributed by atoms with Crippen LogP contribution < -0.4 is 5.32 Å². The van der Waals surface area contributed by atoms with Crippen molar-refractivity contribution in [3.8, 4) is 0 Å². The van der Waals surface area contributed by atoms with Crippen LogP contribution in [0.2, 0.25) is 0 Å². The minimum atomic E-state index is -4.64. The maximum atomic E-state index is 11.5. The molecule has 1 heterocycles. The highest BCUT2D eigenvalue weighted by Crippen LogP contribution is 2.09. The summed E-state index contributed by atoms with van der Waals surface area (Å²) in [7, 11) is -4.64.